The van der Waals surface area contributed by atoms with Crippen LogP contribution in [0.3, 0.4) is 0 Å². The van der Waals surface area contributed by atoms with Crippen molar-refractivity contribution in [3.05, 3.63) is 29.0 Å². The number of hydrogen-bond donors (Lipinski definition) is 1. The third-order valence-electron chi connectivity index (χ3n) is 3.00. The van der Waals surface area contributed by atoms with E-state index in [-0.39, 0.29) is 5.82 Å². The average Bonchev–Trinajstić information content (AvgIpc) is 3.14. The number of hydrogen-bond acceptors (Lipinski definition) is 5. The summed E-state index contributed by atoms with van der Waals surface area (Å²) in [5.74, 6) is 0.148. The van der Waals surface area contributed by atoms with Crippen LogP contribution >= 0.6 is 11.3 Å². The van der Waals surface area contributed by atoms with Gasteiger partial charge in [0.1, 0.15) is 16.6 Å². The maximum atomic E-state index is 13.9. The normalized spacial score (nSPS) is 14.6. The zero-order valence-corrected chi connectivity index (χ0v) is 11.3. The van der Waals surface area contributed by atoms with Crippen LogP contribution in [0.2, 0.25) is 0 Å². The highest BCUT2D eigenvalue weighted by Crippen LogP contribution is 2.34. The van der Waals surface area contributed by atoms with Crippen LogP contribution in [0.5, 0.6) is 5.75 Å². The summed E-state index contributed by atoms with van der Waals surface area (Å²) in [6.45, 7) is 0.694. The largest absolute Gasteiger partial charge is 0.496 e. The predicted octanol–water partition coefficient (Wildman–Crippen LogP) is 2.60. The Hall–Kier alpha value is -1.53. The van der Waals surface area contributed by atoms with Crippen molar-refractivity contribution in [1.82, 2.24) is 15.5 Å². The third-order valence-corrected chi connectivity index (χ3v) is 3.94. The molecule has 1 fully saturated rings. The monoisotopic (exact) mass is 279 g/mol. The van der Waals surface area contributed by atoms with Crippen molar-refractivity contribution in [2.24, 2.45) is 0 Å². The van der Waals surface area contributed by atoms with E-state index in [2.05, 4.69) is 15.5 Å². The van der Waals surface area contributed by atoms with Crippen LogP contribution in [0.1, 0.15) is 17.8 Å². The van der Waals surface area contributed by atoms with Crippen molar-refractivity contribution >= 4 is 11.3 Å². The molecular formula is C13H14FN3OS. The molecule has 1 aliphatic carbocycles. The molecule has 0 saturated heterocycles. The molecule has 0 spiro atoms. The standard InChI is InChI=1S/C13H14FN3OS/c1-18-10-4-2-3-9(14)12(10)13-17-16-11(19-13)7-15-8-5-6-8/h2-4,8,15H,5-7H2,1H3. The molecule has 2 aromatic rings. The van der Waals surface area contributed by atoms with Gasteiger partial charge in [-0.2, -0.15) is 0 Å². The van der Waals surface area contributed by atoms with Gasteiger partial charge in [-0.1, -0.05) is 17.4 Å². The third kappa shape index (κ3) is 2.74. The molecule has 100 valence electrons. The second-order valence-electron chi connectivity index (χ2n) is 4.47. The van der Waals surface area contributed by atoms with Crippen molar-refractivity contribution in [2.75, 3.05) is 7.11 Å². The van der Waals surface area contributed by atoms with E-state index in [0.717, 1.165) is 5.01 Å². The number of nitrogens with zero attached hydrogens (tertiary/aromatic N) is 2. The molecule has 1 aromatic heterocycles. The lowest BCUT2D eigenvalue weighted by Gasteiger charge is -2.05. The Morgan fingerprint density at radius 2 is 2.26 bits per heavy atom. The van der Waals surface area contributed by atoms with Gasteiger partial charge in [-0.15, -0.1) is 10.2 Å². The summed E-state index contributed by atoms with van der Waals surface area (Å²) in [5, 5.41) is 12.9. The van der Waals surface area contributed by atoms with Gasteiger partial charge in [0.2, 0.25) is 0 Å². The summed E-state index contributed by atoms with van der Waals surface area (Å²) in [5.41, 5.74) is 0.389. The van der Waals surface area contributed by atoms with Crippen LogP contribution < -0.4 is 10.1 Å². The van der Waals surface area contributed by atoms with E-state index >= 15 is 0 Å². The first-order chi connectivity index (χ1) is 9.28. The van der Waals surface area contributed by atoms with Crippen molar-refractivity contribution in [3.63, 3.8) is 0 Å². The summed E-state index contributed by atoms with van der Waals surface area (Å²) in [6, 6.07) is 5.37. The van der Waals surface area contributed by atoms with E-state index in [9.17, 15) is 4.39 Å². The van der Waals surface area contributed by atoms with Crippen LogP contribution in [0, 0.1) is 5.82 Å². The predicted molar refractivity (Wildman–Crippen MR) is 71.7 cm³/mol. The number of benzene rings is 1. The Morgan fingerprint density at radius 1 is 1.42 bits per heavy atom. The summed E-state index contributed by atoms with van der Waals surface area (Å²) in [4.78, 5) is 0. The van der Waals surface area contributed by atoms with E-state index in [1.165, 1.54) is 37.4 Å². The topological polar surface area (TPSA) is 47.0 Å². The number of halogens is 1. The molecular weight excluding hydrogens is 265 g/mol. The lowest BCUT2D eigenvalue weighted by molar-refractivity contribution is 0.413. The lowest BCUT2D eigenvalue weighted by atomic mass is 10.2. The summed E-state index contributed by atoms with van der Waals surface area (Å²) < 4.78 is 19.1. The van der Waals surface area contributed by atoms with Gasteiger partial charge in [0.15, 0.2) is 5.01 Å². The molecule has 0 bridgehead atoms. The average molecular weight is 279 g/mol. The molecule has 19 heavy (non-hydrogen) atoms. The molecule has 0 atom stereocenters. The van der Waals surface area contributed by atoms with Gasteiger partial charge in [0, 0.05) is 12.6 Å². The van der Waals surface area contributed by atoms with Crippen LogP contribution in [0.4, 0.5) is 4.39 Å². The first kappa shape index (κ1) is 12.5. The highest BCUT2D eigenvalue weighted by atomic mass is 32.1. The van der Waals surface area contributed by atoms with Crippen molar-refractivity contribution in [2.45, 2.75) is 25.4 Å². The fourth-order valence-electron chi connectivity index (χ4n) is 1.83. The van der Waals surface area contributed by atoms with Crippen LogP contribution in [-0.2, 0) is 6.54 Å². The number of rotatable bonds is 5. The van der Waals surface area contributed by atoms with Gasteiger partial charge < -0.3 is 10.1 Å². The van der Waals surface area contributed by atoms with Crippen LogP contribution in [0.25, 0.3) is 10.6 Å². The molecule has 0 unspecified atom stereocenters. The minimum atomic E-state index is -0.336. The van der Waals surface area contributed by atoms with Crippen LogP contribution in [0.15, 0.2) is 18.2 Å². The quantitative estimate of drug-likeness (QED) is 0.914. The molecule has 4 nitrogen and oxygen atoms in total. The van der Waals surface area contributed by atoms with Gasteiger partial charge >= 0.3 is 0 Å². The fraction of sp³-hybridized carbons (Fsp3) is 0.385. The fourth-order valence-corrected chi connectivity index (χ4v) is 2.67. The Bertz CT molecular complexity index is 583. The number of methoxy groups -OCH3 is 1. The van der Waals surface area contributed by atoms with E-state index in [4.69, 9.17) is 4.74 Å². The van der Waals surface area contributed by atoms with Gasteiger partial charge in [0.25, 0.3) is 0 Å². The highest BCUT2D eigenvalue weighted by molar-refractivity contribution is 7.14. The van der Waals surface area contributed by atoms with Gasteiger partial charge in [0.05, 0.1) is 12.7 Å². The highest BCUT2D eigenvalue weighted by Gasteiger charge is 2.21. The second-order valence-corrected chi connectivity index (χ2v) is 5.54. The van der Waals surface area contributed by atoms with E-state index in [1.807, 2.05) is 0 Å². The molecule has 1 aromatic carbocycles. The molecule has 1 aliphatic rings. The molecule has 1 heterocycles. The van der Waals surface area contributed by atoms with E-state index < -0.39 is 0 Å². The number of nitrogens with one attached hydrogen (secondary N) is 1. The first-order valence-corrected chi connectivity index (χ1v) is 6.98. The number of ether oxygens (including phenoxy) is 1. The van der Waals surface area contributed by atoms with Crippen LogP contribution in [-0.4, -0.2) is 23.3 Å². The molecule has 0 aliphatic heterocycles. The Kier molecular flexibility index (Phi) is 3.44. The first-order valence-electron chi connectivity index (χ1n) is 6.16. The summed E-state index contributed by atoms with van der Waals surface area (Å²) >= 11 is 1.39. The Morgan fingerprint density at radius 3 is 3.00 bits per heavy atom. The molecule has 1 saturated carbocycles. The van der Waals surface area contributed by atoms with E-state index in [0.29, 0.717) is 28.9 Å². The SMILES string of the molecule is COc1cccc(F)c1-c1nnc(CNC2CC2)s1. The van der Waals surface area contributed by atoms with Gasteiger partial charge in [-0.25, -0.2) is 4.39 Å². The summed E-state index contributed by atoms with van der Waals surface area (Å²) in [7, 11) is 1.52. The minimum Gasteiger partial charge on any atom is -0.496 e. The zero-order valence-electron chi connectivity index (χ0n) is 10.5. The van der Waals surface area contributed by atoms with Crippen molar-refractivity contribution in [3.8, 4) is 16.3 Å². The smallest absolute Gasteiger partial charge is 0.154 e. The molecule has 1 N–H and O–H groups in total. The minimum absolute atomic E-state index is 0.336. The maximum absolute atomic E-state index is 13.9. The Balaban J connectivity index is 1.84. The number of aromatic nitrogens is 2. The molecule has 0 amide bonds. The van der Waals surface area contributed by atoms with E-state index in [1.54, 1.807) is 12.1 Å². The molecule has 0 radical (unpaired) electrons. The summed E-state index contributed by atoms with van der Waals surface area (Å²) in [6.07, 6.45) is 2.46. The molecule has 6 heteroatoms. The zero-order chi connectivity index (χ0) is 13.2. The Labute approximate surface area is 114 Å². The lowest BCUT2D eigenvalue weighted by Crippen LogP contribution is -2.14. The second kappa shape index (κ2) is 5.22. The van der Waals surface area contributed by atoms with Crippen molar-refractivity contribution in [1.29, 1.82) is 0 Å². The van der Waals surface area contributed by atoms with Gasteiger partial charge in [-0.05, 0) is 25.0 Å². The maximum Gasteiger partial charge on any atom is 0.154 e. The van der Waals surface area contributed by atoms with Gasteiger partial charge in [-0.3, -0.25) is 0 Å². The molecule has 3 rings (SSSR count). The van der Waals surface area contributed by atoms with Crippen molar-refractivity contribution < 1.29 is 9.13 Å².